The second kappa shape index (κ2) is 6.50. The van der Waals surface area contributed by atoms with Gasteiger partial charge in [0.1, 0.15) is 6.54 Å². The van der Waals surface area contributed by atoms with Crippen LogP contribution >= 0.6 is 0 Å². The van der Waals surface area contributed by atoms with Gasteiger partial charge in [-0.05, 0) is 24.2 Å². The maximum absolute atomic E-state index is 12.2. The smallest absolute Gasteiger partial charge is 0.328 e. The second-order valence-electron chi connectivity index (χ2n) is 7.17. The molecule has 0 aliphatic heterocycles. The first-order valence-electron chi connectivity index (χ1n) is 7.86. The SMILES string of the molecule is CC(C)(C)C1CCCCC1NC(=O)Cn1ccc(=O)[nH]c1=O. The molecule has 1 aliphatic rings. The highest BCUT2D eigenvalue weighted by atomic mass is 16.2. The summed E-state index contributed by atoms with van der Waals surface area (Å²) in [7, 11) is 0. The van der Waals surface area contributed by atoms with Crippen LogP contribution in [0, 0.1) is 11.3 Å². The zero-order valence-electron chi connectivity index (χ0n) is 13.5. The Hall–Kier alpha value is -1.85. The number of hydrogen-bond donors (Lipinski definition) is 2. The molecule has 1 saturated carbocycles. The van der Waals surface area contributed by atoms with Gasteiger partial charge in [-0.25, -0.2) is 4.79 Å². The number of nitrogens with zero attached hydrogens (tertiary/aromatic N) is 1. The Morgan fingerprint density at radius 1 is 1.32 bits per heavy atom. The average Bonchev–Trinajstić information content (AvgIpc) is 2.41. The lowest BCUT2D eigenvalue weighted by Gasteiger charge is -2.40. The van der Waals surface area contributed by atoms with Crippen molar-refractivity contribution >= 4 is 5.91 Å². The predicted octanol–water partition coefficient (Wildman–Crippen LogP) is 1.26. The minimum Gasteiger partial charge on any atom is -0.352 e. The molecular weight excluding hydrogens is 282 g/mol. The van der Waals surface area contributed by atoms with E-state index in [0.717, 1.165) is 19.3 Å². The van der Waals surface area contributed by atoms with Gasteiger partial charge >= 0.3 is 5.69 Å². The molecule has 0 radical (unpaired) electrons. The molecule has 0 aromatic carbocycles. The Morgan fingerprint density at radius 3 is 2.64 bits per heavy atom. The van der Waals surface area contributed by atoms with Gasteiger partial charge in [0.05, 0.1) is 0 Å². The molecule has 6 nitrogen and oxygen atoms in total. The number of H-pyrrole nitrogens is 1. The Kier molecular flexibility index (Phi) is 4.88. The van der Waals surface area contributed by atoms with E-state index >= 15 is 0 Å². The quantitative estimate of drug-likeness (QED) is 0.881. The van der Waals surface area contributed by atoms with Crippen LogP contribution in [0.3, 0.4) is 0 Å². The lowest BCUT2D eigenvalue weighted by Crippen LogP contribution is -2.48. The number of aromatic nitrogens is 2. The van der Waals surface area contributed by atoms with Crippen LogP contribution in [0.15, 0.2) is 21.9 Å². The first-order chi connectivity index (χ1) is 10.3. The maximum Gasteiger partial charge on any atom is 0.328 e. The van der Waals surface area contributed by atoms with Gasteiger partial charge in [0.15, 0.2) is 0 Å². The summed E-state index contributed by atoms with van der Waals surface area (Å²) in [6.07, 6.45) is 5.77. The summed E-state index contributed by atoms with van der Waals surface area (Å²) in [6, 6.07) is 1.40. The zero-order valence-corrected chi connectivity index (χ0v) is 13.5. The first-order valence-corrected chi connectivity index (χ1v) is 7.86. The number of rotatable bonds is 3. The molecule has 6 heteroatoms. The van der Waals surface area contributed by atoms with E-state index in [-0.39, 0.29) is 23.9 Å². The minimum absolute atomic E-state index is 0.0665. The van der Waals surface area contributed by atoms with E-state index < -0.39 is 11.2 Å². The summed E-state index contributed by atoms with van der Waals surface area (Å²) < 4.78 is 1.21. The molecule has 2 atom stereocenters. The van der Waals surface area contributed by atoms with E-state index in [0.29, 0.717) is 5.92 Å². The fraction of sp³-hybridized carbons (Fsp3) is 0.688. The first kappa shape index (κ1) is 16.5. The van der Waals surface area contributed by atoms with Crippen molar-refractivity contribution in [3.8, 4) is 0 Å². The van der Waals surface area contributed by atoms with Crippen LogP contribution in [0.4, 0.5) is 0 Å². The third-order valence-electron chi connectivity index (χ3n) is 4.44. The fourth-order valence-corrected chi connectivity index (χ4v) is 3.32. The molecule has 1 aliphatic carbocycles. The van der Waals surface area contributed by atoms with E-state index in [1.54, 1.807) is 0 Å². The van der Waals surface area contributed by atoms with Gasteiger partial charge in [-0.15, -0.1) is 0 Å². The third-order valence-corrected chi connectivity index (χ3v) is 4.44. The molecule has 2 N–H and O–H groups in total. The standard InChI is InChI=1S/C16H25N3O3/c1-16(2,3)11-6-4-5-7-12(11)17-14(21)10-19-9-8-13(20)18-15(19)22/h8-9,11-12H,4-7,10H2,1-3H3,(H,17,21)(H,18,20,22). The number of aromatic amines is 1. The van der Waals surface area contributed by atoms with Crippen LogP contribution in [0.5, 0.6) is 0 Å². The van der Waals surface area contributed by atoms with Crippen molar-refractivity contribution in [2.24, 2.45) is 11.3 Å². The predicted molar refractivity (Wildman–Crippen MR) is 84.7 cm³/mol. The number of hydrogen-bond acceptors (Lipinski definition) is 3. The average molecular weight is 307 g/mol. The number of carbonyl (C=O) groups excluding carboxylic acids is 1. The van der Waals surface area contributed by atoms with Gasteiger partial charge in [-0.3, -0.25) is 19.1 Å². The summed E-state index contributed by atoms with van der Waals surface area (Å²) in [5, 5.41) is 3.08. The molecule has 122 valence electrons. The molecule has 1 aromatic rings. The van der Waals surface area contributed by atoms with Crippen LogP contribution in [-0.4, -0.2) is 21.5 Å². The van der Waals surface area contributed by atoms with Gasteiger partial charge in [0.2, 0.25) is 5.91 Å². The summed E-state index contributed by atoms with van der Waals surface area (Å²) in [6.45, 7) is 6.54. The molecule has 0 saturated heterocycles. The highest BCUT2D eigenvalue weighted by Gasteiger charge is 2.34. The Balaban J connectivity index is 2.04. The van der Waals surface area contributed by atoms with Crippen molar-refractivity contribution in [1.82, 2.24) is 14.9 Å². The third kappa shape index (κ3) is 4.08. The van der Waals surface area contributed by atoms with E-state index in [1.807, 2.05) is 0 Å². The Labute approximate surface area is 129 Å². The molecule has 1 fully saturated rings. The van der Waals surface area contributed by atoms with Gasteiger partial charge in [-0.2, -0.15) is 0 Å². The van der Waals surface area contributed by atoms with Crippen LogP contribution in [0.2, 0.25) is 0 Å². The molecule has 2 unspecified atom stereocenters. The molecular formula is C16H25N3O3. The highest BCUT2D eigenvalue weighted by Crippen LogP contribution is 2.37. The molecule has 22 heavy (non-hydrogen) atoms. The van der Waals surface area contributed by atoms with Crippen molar-refractivity contribution in [3.05, 3.63) is 33.1 Å². The van der Waals surface area contributed by atoms with Crippen LogP contribution < -0.4 is 16.6 Å². The highest BCUT2D eigenvalue weighted by molar-refractivity contribution is 5.76. The summed E-state index contributed by atoms with van der Waals surface area (Å²) in [5.41, 5.74) is -0.867. The topological polar surface area (TPSA) is 84.0 Å². The summed E-state index contributed by atoms with van der Waals surface area (Å²) in [5.74, 6) is 0.257. The van der Waals surface area contributed by atoms with Gasteiger partial charge in [-0.1, -0.05) is 33.6 Å². The summed E-state index contributed by atoms with van der Waals surface area (Å²) >= 11 is 0. The van der Waals surface area contributed by atoms with E-state index in [4.69, 9.17) is 0 Å². The summed E-state index contributed by atoms with van der Waals surface area (Å²) in [4.78, 5) is 37.0. The van der Waals surface area contributed by atoms with Crippen molar-refractivity contribution in [2.45, 2.75) is 59.0 Å². The lowest BCUT2D eigenvalue weighted by atomic mass is 9.69. The molecule has 2 rings (SSSR count). The Bertz CT molecular complexity index is 639. The zero-order chi connectivity index (χ0) is 16.3. The Morgan fingerprint density at radius 2 is 2.00 bits per heavy atom. The van der Waals surface area contributed by atoms with E-state index in [2.05, 4.69) is 31.1 Å². The van der Waals surface area contributed by atoms with Gasteiger partial charge < -0.3 is 5.32 Å². The van der Waals surface area contributed by atoms with Crippen molar-refractivity contribution in [1.29, 1.82) is 0 Å². The number of amides is 1. The van der Waals surface area contributed by atoms with Crippen LogP contribution in [0.1, 0.15) is 46.5 Å². The van der Waals surface area contributed by atoms with Gasteiger partial charge in [0.25, 0.3) is 5.56 Å². The number of nitrogens with one attached hydrogen (secondary N) is 2. The van der Waals surface area contributed by atoms with Gasteiger partial charge in [0, 0.05) is 18.3 Å². The minimum atomic E-state index is -0.557. The molecule has 0 spiro atoms. The van der Waals surface area contributed by atoms with E-state index in [1.165, 1.54) is 23.3 Å². The molecule has 1 aromatic heterocycles. The molecule has 0 bridgehead atoms. The fourth-order valence-electron chi connectivity index (χ4n) is 3.32. The van der Waals surface area contributed by atoms with E-state index in [9.17, 15) is 14.4 Å². The largest absolute Gasteiger partial charge is 0.352 e. The number of carbonyl (C=O) groups is 1. The lowest BCUT2D eigenvalue weighted by molar-refractivity contribution is -0.123. The van der Waals surface area contributed by atoms with Crippen LogP contribution in [-0.2, 0) is 11.3 Å². The van der Waals surface area contributed by atoms with Crippen molar-refractivity contribution in [3.63, 3.8) is 0 Å². The maximum atomic E-state index is 12.2. The van der Waals surface area contributed by atoms with Crippen molar-refractivity contribution in [2.75, 3.05) is 0 Å². The normalized spacial score (nSPS) is 22.3. The monoisotopic (exact) mass is 307 g/mol. The van der Waals surface area contributed by atoms with Crippen LogP contribution in [0.25, 0.3) is 0 Å². The molecule has 1 heterocycles. The second-order valence-corrected chi connectivity index (χ2v) is 7.17. The molecule has 1 amide bonds. The van der Waals surface area contributed by atoms with Crippen molar-refractivity contribution < 1.29 is 4.79 Å².